The van der Waals surface area contributed by atoms with Gasteiger partial charge in [0.05, 0.1) is 12.4 Å². The standard InChI is InChI=1S/C22H38O3Si/c1-17(2)19-16-18(13-15-24-21-10-8-9-14-23-21)11-12-20(19)25-26(6,7)22(3,4)5/h11-12,19,21H,1,8-10,13-16H2,2-7H3. The molecule has 148 valence electrons. The van der Waals surface area contributed by atoms with Gasteiger partial charge in [0.2, 0.25) is 8.32 Å². The van der Waals surface area contributed by atoms with Crippen LogP contribution in [0, 0.1) is 5.92 Å². The van der Waals surface area contributed by atoms with Gasteiger partial charge in [0.25, 0.3) is 0 Å². The zero-order valence-electron chi connectivity index (χ0n) is 17.7. The molecule has 1 saturated heterocycles. The van der Waals surface area contributed by atoms with E-state index in [1.165, 1.54) is 17.6 Å². The van der Waals surface area contributed by atoms with Gasteiger partial charge >= 0.3 is 0 Å². The summed E-state index contributed by atoms with van der Waals surface area (Å²) in [5.41, 5.74) is 2.59. The maximum Gasteiger partial charge on any atom is 0.250 e. The van der Waals surface area contributed by atoms with Crippen molar-refractivity contribution < 1.29 is 13.9 Å². The normalized spacial score (nSPS) is 24.7. The molecule has 1 heterocycles. The Kier molecular flexibility index (Phi) is 7.34. The summed E-state index contributed by atoms with van der Waals surface area (Å²) < 4.78 is 18.2. The SMILES string of the molecule is C=C(C)C1CC(CCOC2CCCCO2)=CC=C1O[Si](C)(C)C(C)(C)C. The fourth-order valence-corrected chi connectivity index (χ4v) is 4.17. The lowest BCUT2D eigenvalue weighted by atomic mass is 9.87. The largest absolute Gasteiger partial charge is 0.546 e. The van der Waals surface area contributed by atoms with Crippen molar-refractivity contribution in [1.82, 2.24) is 0 Å². The third-order valence-electron chi connectivity index (χ3n) is 5.93. The highest BCUT2D eigenvalue weighted by atomic mass is 28.4. The molecule has 0 spiro atoms. The van der Waals surface area contributed by atoms with Crippen LogP contribution in [-0.2, 0) is 13.9 Å². The van der Waals surface area contributed by atoms with Crippen molar-refractivity contribution in [2.75, 3.05) is 13.2 Å². The minimum atomic E-state index is -1.83. The molecule has 2 aliphatic rings. The fraction of sp³-hybridized carbons (Fsp3) is 0.727. The molecule has 1 fully saturated rings. The first-order valence-corrected chi connectivity index (χ1v) is 13.0. The molecule has 2 rings (SSSR count). The van der Waals surface area contributed by atoms with Gasteiger partial charge in [-0.1, -0.05) is 44.6 Å². The molecule has 0 amide bonds. The van der Waals surface area contributed by atoms with E-state index in [0.717, 1.165) is 44.7 Å². The maximum atomic E-state index is 6.61. The molecule has 0 aromatic heterocycles. The summed E-state index contributed by atoms with van der Waals surface area (Å²) in [7, 11) is -1.83. The number of hydrogen-bond acceptors (Lipinski definition) is 3. The van der Waals surface area contributed by atoms with Gasteiger partial charge in [-0.15, -0.1) is 0 Å². The van der Waals surface area contributed by atoms with Crippen molar-refractivity contribution in [2.24, 2.45) is 5.92 Å². The third kappa shape index (κ3) is 5.83. The molecule has 0 aromatic carbocycles. The van der Waals surface area contributed by atoms with Crippen LogP contribution < -0.4 is 0 Å². The number of allylic oxidation sites excluding steroid dienone is 3. The predicted molar refractivity (Wildman–Crippen MR) is 112 cm³/mol. The zero-order chi connectivity index (χ0) is 19.4. The smallest absolute Gasteiger partial charge is 0.250 e. The molecule has 26 heavy (non-hydrogen) atoms. The minimum Gasteiger partial charge on any atom is -0.546 e. The second-order valence-corrected chi connectivity index (χ2v) is 14.0. The van der Waals surface area contributed by atoms with E-state index in [1.807, 2.05) is 0 Å². The Labute approximate surface area is 161 Å². The van der Waals surface area contributed by atoms with E-state index in [-0.39, 0.29) is 17.2 Å². The number of ether oxygens (including phenoxy) is 2. The summed E-state index contributed by atoms with van der Waals surface area (Å²) in [5.74, 6) is 1.39. The van der Waals surface area contributed by atoms with Gasteiger partial charge < -0.3 is 13.9 Å². The highest BCUT2D eigenvalue weighted by Gasteiger charge is 2.40. The molecule has 1 aliphatic heterocycles. The molecular weight excluding hydrogens is 340 g/mol. The molecule has 0 saturated carbocycles. The summed E-state index contributed by atoms with van der Waals surface area (Å²) in [4.78, 5) is 0. The molecule has 0 aromatic rings. The summed E-state index contributed by atoms with van der Waals surface area (Å²) >= 11 is 0. The van der Waals surface area contributed by atoms with Crippen LogP contribution in [0.1, 0.15) is 59.8 Å². The van der Waals surface area contributed by atoms with Crippen molar-refractivity contribution in [1.29, 1.82) is 0 Å². The second-order valence-electron chi connectivity index (χ2n) is 9.28. The number of rotatable bonds is 7. The van der Waals surface area contributed by atoms with E-state index in [2.05, 4.69) is 59.5 Å². The van der Waals surface area contributed by atoms with E-state index in [0.29, 0.717) is 0 Å². The molecule has 4 heteroatoms. The zero-order valence-corrected chi connectivity index (χ0v) is 18.7. The Hall–Kier alpha value is -0.843. The van der Waals surface area contributed by atoms with Crippen LogP contribution in [0.4, 0.5) is 0 Å². The van der Waals surface area contributed by atoms with Crippen molar-refractivity contribution in [2.45, 2.75) is 84.2 Å². The van der Waals surface area contributed by atoms with Gasteiger partial charge in [-0.25, -0.2) is 0 Å². The predicted octanol–water partition coefficient (Wildman–Crippen LogP) is 6.35. The van der Waals surface area contributed by atoms with Gasteiger partial charge in [-0.05, 0) is 63.2 Å². The first-order valence-electron chi connectivity index (χ1n) is 10.1. The van der Waals surface area contributed by atoms with E-state index in [9.17, 15) is 0 Å². The van der Waals surface area contributed by atoms with Crippen LogP contribution in [0.5, 0.6) is 0 Å². The Morgan fingerprint density at radius 3 is 2.58 bits per heavy atom. The summed E-state index contributed by atoms with van der Waals surface area (Å²) in [6, 6.07) is 0. The lowest BCUT2D eigenvalue weighted by molar-refractivity contribution is -0.161. The van der Waals surface area contributed by atoms with Gasteiger partial charge in [0.1, 0.15) is 0 Å². The summed E-state index contributed by atoms with van der Waals surface area (Å²) in [6.07, 6.45) is 9.74. The molecule has 2 unspecified atom stereocenters. The minimum absolute atomic E-state index is 0.00195. The van der Waals surface area contributed by atoms with Crippen LogP contribution in [0.3, 0.4) is 0 Å². The topological polar surface area (TPSA) is 27.7 Å². The maximum absolute atomic E-state index is 6.61. The van der Waals surface area contributed by atoms with Crippen LogP contribution in [-0.4, -0.2) is 27.8 Å². The molecule has 3 nitrogen and oxygen atoms in total. The highest BCUT2D eigenvalue weighted by molar-refractivity contribution is 6.74. The monoisotopic (exact) mass is 378 g/mol. The van der Waals surface area contributed by atoms with E-state index in [4.69, 9.17) is 13.9 Å². The summed E-state index contributed by atoms with van der Waals surface area (Å²) in [6.45, 7) is 19.4. The van der Waals surface area contributed by atoms with Crippen LogP contribution >= 0.6 is 0 Å². The molecule has 0 radical (unpaired) electrons. The molecule has 0 N–H and O–H groups in total. The average molecular weight is 379 g/mol. The molecular formula is C22H38O3Si. The summed E-state index contributed by atoms with van der Waals surface area (Å²) in [5, 5.41) is 0.200. The number of hydrogen-bond donors (Lipinski definition) is 0. The van der Waals surface area contributed by atoms with Crippen molar-refractivity contribution in [3.8, 4) is 0 Å². The Balaban J connectivity index is 1.97. The first kappa shape index (κ1) is 21.5. The van der Waals surface area contributed by atoms with Crippen LogP contribution in [0.25, 0.3) is 0 Å². The van der Waals surface area contributed by atoms with E-state index >= 15 is 0 Å². The van der Waals surface area contributed by atoms with E-state index < -0.39 is 8.32 Å². The first-order chi connectivity index (χ1) is 12.1. The van der Waals surface area contributed by atoms with Crippen LogP contribution in [0.15, 0.2) is 35.6 Å². The Bertz CT molecular complexity index is 548. The van der Waals surface area contributed by atoms with Gasteiger partial charge in [0.15, 0.2) is 6.29 Å². The quantitative estimate of drug-likeness (QED) is 0.382. The van der Waals surface area contributed by atoms with E-state index in [1.54, 1.807) is 0 Å². The molecule has 0 bridgehead atoms. The molecule has 1 aliphatic carbocycles. The van der Waals surface area contributed by atoms with Crippen molar-refractivity contribution in [3.05, 3.63) is 35.6 Å². The Morgan fingerprint density at radius 2 is 2.00 bits per heavy atom. The van der Waals surface area contributed by atoms with Crippen LogP contribution in [0.2, 0.25) is 18.1 Å². The molecule has 2 atom stereocenters. The second kappa shape index (κ2) is 8.90. The van der Waals surface area contributed by atoms with Crippen molar-refractivity contribution in [3.63, 3.8) is 0 Å². The highest BCUT2D eigenvalue weighted by Crippen LogP contribution is 2.41. The lowest BCUT2D eigenvalue weighted by Gasteiger charge is -2.40. The van der Waals surface area contributed by atoms with Gasteiger partial charge in [0, 0.05) is 12.5 Å². The van der Waals surface area contributed by atoms with Gasteiger partial charge in [-0.3, -0.25) is 0 Å². The lowest BCUT2D eigenvalue weighted by Crippen LogP contribution is -2.41. The Morgan fingerprint density at radius 1 is 1.27 bits per heavy atom. The van der Waals surface area contributed by atoms with Gasteiger partial charge in [-0.2, -0.15) is 0 Å². The average Bonchev–Trinajstić information content (AvgIpc) is 2.55. The third-order valence-corrected chi connectivity index (χ3v) is 10.3. The fourth-order valence-electron chi connectivity index (χ4n) is 3.07. The van der Waals surface area contributed by atoms with Crippen molar-refractivity contribution >= 4 is 8.32 Å².